The molecule has 0 N–H and O–H groups in total. The first-order valence-corrected chi connectivity index (χ1v) is 11.9. The van der Waals surface area contributed by atoms with Gasteiger partial charge >= 0.3 is 0 Å². The van der Waals surface area contributed by atoms with Gasteiger partial charge in [0.25, 0.3) is 0 Å². The van der Waals surface area contributed by atoms with Gasteiger partial charge in [-0.05, 0) is 71.1 Å². The summed E-state index contributed by atoms with van der Waals surface area (Å²) in [6.45, 7) is 5.65. The number of fused-ring (bicyclic) bond motifs is 1. The van der Waals surface area contributed by atoms with Gasteiger partial charge in [-0.1, -0.05) is 43.6 Å². The lowest BCUT2D eigenvalue weighted by Crippen LogP contribution is -2.42. The van der Waals surface area contributed by atoms with E-state index < -0.39 is 0 Å². The fourth-order valence-corrected chi connectivity index (χ4v) is 4.29. The van der Waals surface area contributed by atoms with Crippen LogP contribution in [-0.2, 0) is 17.8 Å². The Morgan fingerprint density at radius 2 is 1.71 bits per heavy atom. The Hall–Kier alpha value is -3.18. The number of halogens is 1. The molecule has 3 aromatic rings. The molecule has 0 bridgehead atoms. The quantitative estimate of drug-likeness (QED) is 0.372. The van der Waals surface area contributed by atoms with Crippen molar-refractivity contribution in [2.45, 2.75) is 32.9 Å². The molecule has 3 aromatic carbocycles. The Morgan fingerprint density at radius 1 is 0.971 bits per heavy atom. The molecule has 4 rings (SSSR count). The average Bonchev–Trinajstić information content (AvgIpc) is 2.83. The maximum absolute atomic E-state index is 13.3. The van der Waals surface area contributed by atoms with E-state index in [2.05, 4.69) is 19.9 Å². The van der Waals surface area contributed by atoms with E-state index in [0.717, 1.165) is 33.9 Å². The molecule has 0 spiro atoms. The summed E-state index contributed by atoms with van der Waals surface area (Å²) in [4.78, 5) is 15.2. The Kier molecular flexibility index (Phi) is 7.63. The van der Waals surface area contributed by atoms with Gasteiger partial charge in [0.05, 0.1) is 26.2 Å². The number of nitrogens with zero attached hydrogens (tertiary/aromatic N) is 1. The molecule has 1 aliphatic rings. The molecule has 1 unspecified atom stereocenters. The van der Waals surface area contributed by atoms with Gasteiger partial charge in [-0.15, -0.1) is 0 Å². The van der Waals surface area contributed by atoms with Crippen LogP contribution in [0.1, 0.15) is 36.6 Å². The summed E-state index contributed by atoms with van der Waals surface area (Å²) in [5, 5.41) is 0.653. The monoisotopic (exact) mass is 479 g/mol. The van der Waals surface area contributed by atoms with Crippen molar-refractivity contribution in [3.8, 4) is 17.2 Å². The van der Waals surface area contributed by atoms with Crippen molar-refractivity contribution < 1.29 is 19.0 Å². The molecule has 1 atom stereocenters. The van der Waals surface area contributed by atoms with Crippen LogP contribution in [-0.4, -0.2) is 31.1 Å². The summed E-state index contributed by atoms with van der Waals surface area (Å²) in [6, 6.07) is 20.9. The number of carbonyl (C=O) groups is 1. The van der Waals surface area contributed by atoms with Crippen LogP contribution in [0.3, 0.4) is 0 Å². The van der Waals surface area contributed by atoms with E-state index in [0.29, 0.717) is 37.1 Å². The topological polar surface area (TPSA) is 48.0 Å². The SMILES string of the molecule is COc1ccc(OCC2c3ccc(OCC(C)C)cc3CC(=O)N2Cc2cccc(Cl)c2)cc1. The maximum atomic E-state index is 13.3. The number of ether oxygens (including phenoxy) is 3. The van der Waals surface area contributed by atoms with Crippen molar-refractivity contribution in [2.24, 2.45) is 5.92 Å². The van der Waals surface area contributed by atoms with E-state index in [1.165, 1.54) is 0 Å². The highest BCUT2D eigenvalue weighted by atomic mass is 35.5. The van der Waals surface area contributed by atoms with Gasteiger partial charge in [0, 0.05) is 11.6 Å². The van der Waals surface area contributed by atoms with Crippen LogP contribution in [0.4, 0.5) is 0 Å². The summed E-state index contributed by atoms with van der Waals surface area (Å²) in [5.74, 6) is 2.76. The zero-order valence-corrected chi connectivity index (χ0v) is 20.5. The van der Waals surface area contributed by atoms with Crippen LogP contribution in [0.5, 0.6) is 17.2 Å². The molecule has 0 aliphatic carbocycles. The molecule has 1 amide bonds. The highest BCUT2D eigenvalue weighted by Crippen LogP contribution is 2.35. The van der Waals surface area contributed by atoms with Crippen molar-refractivity contribution in [2.75, 3.05) is 20.3 Å². The third kappa shape index (κ3) is 5.84. The molecule has 0 fully saturated rings. The van der Waals surface area contributed by atoms with Gasteiger partial charge in [0.15, 0.2) is 0 Å². The molecule has 178 valence electrons. The van der Waals surface area contributed by atoms with Crippen LogP contribution in [0.25, 0.3) is 0 Å². The first kappa shape index (κ1) is 24.0. The van der Waals surface area contributed by atoms with Crippen LogP contribution in [0.15, 0.2) is 66.7 Å². The van der Waals surface area contributed by atoms with Crippen molar-refractivity contribution in [1.29, 1.82) is 0 Å². The minimum absolute atomic E-state index is 0.0526. The molecule has 1 aliphatic heterocycles. The molecule has 0 saturated heterocycles. The van der Waals surface area contributed by atoms with E-state index in [4.69, 9.17) is 25.8 Å². The fourth-order valence-electron chi connectivity index (χ4n) is 4.08. The number of hydrogen-bond donors (Lipinski definition) is 0. The predicted molar refractivity (Wildman–Crippen MR) is 134 cm³/mol. The zero-order chi connectivity index (χ0) is 24.1. The van der Waals surface area contributed by atoms with Crippen LogP contribution < -0.4 is 14.2 Å². The van der Waals surface area contributed by atoms with Crippen LogP contribution in [0.2, 0.25) is 5.02 Å². The third-order valence-corrected chi connectivity index (χ3v) is 6.04. The van der Waals surface area contributed by atoms with Gasteiger partial charge in [-0.2, -0.15) is 0 Å². The molecule has 5 nitrogen and oxygen atoms in total. The van der Waals surface area contributed by atoms with Gasteiger partial charge in [0.2, 0.25) is 5.91 Å². The molecule has 0 saturated carbocycles. The van der Waals surface area contributed by atoms with Crippen molar-refractivity contribution >= 4 is 17.5 Å². The normalized spacial score (nSPS) is 15.3. The lowest BCUT2D eigenvalue weighted by atomic mass is 9.91. The van der Waals surface area contributed by atoms with Crippen LogP contribution in [0, 0.1) is 5.92 Å². The van der Waals surface area contributed by atoms with Crippen molar-refractivity contribution in [3.05, 3.63) is 88.4 Å². The third-order valence-electron chi connectivity index (χ3n) is 5.80. The Bertz CT molecular complexity index is 1130. The second-order valence-electron chi connectivity index (χ2n) is 8.90. The minimum atomic E-state index is -0.239. The van der Waals surface area contributed by atoms with Crippen LogP contribution >= 0.6 is 11.6 Å². The highest BCUT2D eigenvalue weighted by molar-refractivity contribution is 6.30. The number of amides is 1. The molecule has 0 aromatic heterocycles. The molecule has 34 heavy (non-hydrogen) atoms. The van der Waals surface area contributed by atoms with E-state index >= 15 is 0 Å². The Morgan fingerprint density at radius 3 is 2.41 bits per heavy atom. The van der Waals surface area contributed by atoms with Gasteiger partial charge in [0.1, 0.15) is 23.9 Å². The zero-order valence-electron chi connectivity index (χ0n) is 19.8. The summed E-state index contributed by atoms with van der Waals surface area (Å²) in [6.07, 6.45) is 0.327. The average molecular weight is 480 g/mol. The van der Waals surface area contributed by atoms with Gasteiger partial charge in [-0.3, -0.25) is 4.79 Å². The summed E-state index contributed by atoms with van der Waals surface area (Å²) < 4.78 is 17.3. The summed E-state index contributed by atoms with van der Waals surface area (Å²) >= 11 is 6.20. The summed E-state index contributed by atoms with van der Waals surface area (Å²) in [7, 11) is 1.63. The molecular formula is C28H30ClNO4. The number of rotatable bonds is 9. The van der Waals surface area contributed by atoms with Gasteiger partial charge < -0.3 is 19.1 Å². The van der Waals surface area contributed by atoms with E-state index in [1.807, 2.05) is 65.6 Å². The maximum Gasteiger partial charge on any atom is 0.227 e. The van der Waals surface area contributed by atoms with Crippen molar-refractivity contribution in [3.63, 3.8) is 0 Å². The lowest BCUT2D eigenvalue weighted by Gasteiger charge is -2.37. The largest absolute Gasteiger partial charge is 0.497 e. The van der Waals surface area contributed by atoms with E-state index in [9.17, 15) is 4.79 Å². The van der Waals surface area contributed by atoms with E-state index in [-0.39, 0.29) is 11.9 Å². The lowest BCUT2D eigenvalue weighted by molar-refractivity contribution is -0.135. The Balaban J connectivity index is 1.61. The first-order chi connectivity index (χ1) is 16.4. The van der Waals surface area contributed by atoms with Crippen molar-refractivity contribution in [1.82, 2.24) is 4.90 Å². The number of hydrogen-bond acceptors (Lipinski definition) is 4. The van der Waals surface area contributed by atoms with E-state index in [1.54, 1.807) is 7.11 Å². The number of carbonyl (C=O) groups excluding carboxylic acids is 1. The number of benzene rings is 3. The predicted octanol–water partition coefficient (Wildman–Crippen LogP) is 6.09. The molecule has 0 radical (unpaired) electrons. The fraction of sp³-hybridized carbons (Fsp3) is 0.321. The highest BCUT2D eigenvalue weighted by Gasteiger charge is 2.33. The minimum Gasteiger partial charge on any atom is -0.497 e. The number of methoxy groups -OCH3 is 1. The first-order valence-electron chi connectivity index (χ1n) is 11.5. The second-order valence-corrected chi connectivity index (χ2v) is 9.33. The van der Waals surface area contributed by atoms with Gasteiger partial charge in [-0.25, -0.2) is 0 Å². The molecule has 1 heterocycles. The summed E-state index contributed by atoms with van der Waals surface area (Å²) in [5.41, 5.74) is 3.04. The standard InChI is InChI=1S/C28H30ClNO4/c1-19(2)17-33-25-11-12-26-21(14-25)15-28(31)30(16-20-5-4-6-22(29)13-20)27(26)18-34-24-9-7-23(32-3)8-10-24/h4-14,19,27H,15-18H2,1-3H3. The second kappa shape index (κ2) is 10.8. The smallest absolute Gasteiger partial charge is 0.227 e. The molecule has 6 heteroatoms. The molecular weight excluding hydrogens is 450 g/mol. The Labute approximate surface area is 206 Å².